The van der Waals surface area contributed by atoms with Crippen molar-refractivity contribution in [1.82, 2.24) is 4.98 Å². The molecule has 5 nitrogen and oxygen atoms in total. The fourth-order valence-corrected chi connectivity index (χ4v) is 4.29. The number of pyridine rings is 1. The lowest BCUT2D eigenvalue weighted by Crippen LogP contribution is -2.23. The minimum Gasteiger partial charge on any atom is -0.364 e. The number of amides is 1. The highest BCUT2D eigenvalue weighted by Crippen LogP contribution is 2.35. The van der Waals surface area contributed by atoms with Crippen LogP contribution in [0.5, 0.6) is 0 Å². The van der Waals surface area contributed by atoms with E-state index < -0.39 is 62.6 Å². The lowest BCUT2D eigenvalue weighted by Gasteiger charge is -2.20. The maximum Gasteiger partial charge on any atom is 0.267 e. The third-order valence-corrected chi connectivity index (χ3v) is 5.69. The molecular formula is C16H13F5N2O3S. The molecule has 1 heterocycles. The summed E-state index contributed by atoms with van der Waals surface area (Å²) < 4.78 is 92.0. The van der Waals surface area contributed by atoms with E-state index in [0.29, 0.717) is 12.1 Å². The van der Waals surface area contributed by atoms with Crippen molar-refractivity contribution in [1.29, 1.82) is 0 Å². The zero-order chi connectivity index (χ0) is 20.4. The predicted octanol–water partition coefficient (Wildman–Crippen LogP) is 2.76. The second kappa shape index (κ2) is 7.99. The number of aromatic nitrogens is 1. The van der Waals surface area contributed by atoms with Crippen molar-refractivity contribution < 1.29 is 35.2 Å². The van der Waals surface area contributed by atoms with Crippen molar-refractivity contribution in [3.05, 3.63) is 64.7 Å². The summed E-state index contributed by atoms with van der Waals surface area (Å²) in [5.74, 6) is -6.70. The van der Waals surface area contributed by atoms with Crippen LogP contribution in [0.4, 0.5) is 22.0 Å². The van der Waals surface area contributed by atoms with E-state index >= 15 is 0 Å². The number of nitrogens with two attached hydrogens (primary N) is 1. The standard InChI is InChI=1S/C16H13F5N2O3S/c17-9-2-3-10(18)14(21)13(9)15(27(25,26)6-5-12(19)20)8-1-4-11(16(22)24)23-7-8/h1-4,7,12,15H,5-6H2,(H2,22,24). The summed E-state index contributed by atoms with van der Waals surface area (Å²) in [6, 6.07) is 2.99. The highest BCUT2D eigenvalue weighted by molar-refractivity contribution is 7.91. The van der Waals surface area contributed by atoms with Crippen molar-refractivity contribution in [2.45, 2.75) is 18.1 Å². The van der Waals surface area contributed by atoms with E-state index in [4.69, 9.17) is 5.73 Å². The normalized spacial score (nSPS) is 13.0. The Balaban J connectivity index is 2.66. The third kappa shape index (κ3) is 4.59. The molecule has 0 saturated heterocycles. The Labute approximate surface area is 150 Å². The van der Waals surface area contributed by atoms with Gasteiger partial charge in [-0.05, 0) is 23.8 Å². The second-order valence-electron chi connectivity index (χ2n) is 5.52. The Bertz CT molecular complexity index is 949. The van der Waals surface area contributed by atoms with Gasteiger partial charge < -0.3 is 5.73 Å². The number of carbonyl (C=O) groups excluding carboxylic acids is 1. The van der Waals surface area contributed by atoms with Gasteiger partial charge in [0.1, 0.15) is 16.8 Å². The van der Waals surface area contributed by atoms with Gasteiger partial charge in [-0.25, -0.2) is 30.4 Å². The molecule has 1 atom stereocenters. The van der Waals surface area contributed by atoms with Gasteiger partial charge in [0.2, 0.25) is 6.43 Å². The molecule has 0 radical (unpaired) electrons. The first kappa shape index (κ1) is 20.7. The fourth-order valence-electron chi connectivity index (χ4n) is 2.41. The molecule has 27 heavy (non-hydrogen) atoms. The van der Waals surface area contributed by atoms with Gasteiger partial charge in [0.25, 0.3) is 5.91 Å². The first-order valence-corrected chi connectivity index (χ1v) is 9.15. The van der Waals surface area contributed by atoms with Gasteiger partial charge >= 0.3 is 0 Å². The zero-order valence-electron chi connectivity index (χ0n) is 13.5. The molecule has 0 aliphatic rings. The third-order valence-electron chi connectivity index (χ3n) is 3.66. The van der Waals surface area contributed by atoms with Crippen LogP contribution in [-0.4, -0.2) is 31.5 Å². The van der Waals surface area contributed by atoms with Gasteiger partial charge in [0.05, 0.1) is 5.75 Å². The lowest BCUT2D eigenvalue weighted by molar-refractivity contribution is 0.0995. The van der Waals surface area contributed by atoms with Crippen molar-refractivity contribution >= 4 is 15.7 Å². The largest absolute Gasteiger partial charge is 0.364 e. The van der Waals surface area contributed by atoms with Crippen LogP contribution in [0.2, 0.25) is 0 Å². The maximum absolute atomic E-state index is 14.2. The smallest absolute Gasteiger partial charge is 0.267 e. The van der Waals surface area contributed by atoms with Crippen LogP contribution in [0.15, 0.2) is 30.5 Å². The van der Waals surface area contributed by atoms with Crippen LogP contribution in [0.1, 0.15) is 33.3 Å². The summed E-state index contributed by atoms with van der Waals surface area (Å²) in [6.45, 7) is 0. The molecule has 0 bridgehead atoms. The number of hydrogen-bond donors (Lipinski definition) is 1. The number of primary amides is 1. The van der Waals surface area contributed by atoms with Gasteiger partial charge in [-0.1, -0.05) is 6.07 Å². The molecule has 146 valence electrons. The van der Waals surface area contributed by atoms with Crippen molar-refractivity contribution in [3.63, 3.8) is 0 Å². The van der Waals surface area contributed by atoms with Crippen LogP contribution < -0.4 is 5.73 Å². The van der Waals surface area contributed by atoms with Crippen LogP contribution >= 0.6 is 0 Å². The molecule has 2 rings (SSSR count). The van der Waals surface area contributed by atoms with Gasteiger partial charge in [-0.3, -0.25) is 9.78 Å². The molecule has 0 aliphatic carbocycles. The Morgan fingerprint density at radius 3 is 2.22 bits per heavy atom. The number of nitrogens with zero attached hydrogens (tertiary/aromatic N) is 1. The second-order valence-corrected chi connectivity index (χ2v) is 7.73. The molecule has 1 amide bonds. The quantitative estimate of drug-likeness (QED) is 0.564. The molecule has 1 aromatic carbocycles. The number of hydrogen-bond acceptors (Lipinski definition) is 4. The van der Waals surface area contributed by atoms with Crippen LogP contribution in [0.3, 0.4) is 0 Å². The molecule has 0 spiro atoms. The molecule has 0 aliphatic heterocycles. The van der Waals surface area contributed by atoms with E-state index in [2.05, 4.69) is 4.98 Å². The Kier molecular flexibility index (Phi) is 6.14. The number of rotatable bonds is 7. The van der Waals surface area contributed by atoms with E-state index in [-0.39, 0.29) is 11.3 Å². The first-order chi connectivity index (χ1) is 12.5. The highest BCUT2D eigenvalue weighted by atomic mass is 32.2. The summed E-state index contributed by atoms with van der Waals surface area (Å²) in [5.41, 5.74) is 3.26. The number of carbonyl (C=O) groups is 1. The SMILES string of the molecule is NC(=O)c1ccc(C(c2c(F)ccc(F)c2F)S(=O)(=O)CCC(F)F)cn1. The molecule has 2 aromatic rings. The minimum atomic E-state index is -4.60. The Morgan fingerprint density at radius 2 is 1.70 bits per heavy atom. The molecule has 1 unspecified atom stereocenters. The van der Waals surface area contributed by atoms with Crippen LogP contribution in [0.25, 0.3) is 0 Å². The minimum absolute atomic E-state index is 0.261. The number of halogens is 5. The summed E-state index contributed by atoms with van der Waals surface area (Å²) in [6.07, 6.45) is -3.24. The summed E-state index contributed by atoms with van der Waals surface area (Å²) >= 11 is 0. The lowest BCUT2D eigenvalue weighted by atomic mass is 10.0. The number of sulfone groups is 1. The van der Waals surface area contributed by atoms with Gasteiger partial charge in [0.15, 0.2) is 21.5 Å². The van der Waals surface area contributed by atoms with Crippen LogP contribution in [-0.2, 0) is 9.84 Å². The highest BCUT2D eigenvalue weighted by Gasteiger charge is 2.35. The molecule has 2 N–H and O–H groups in total. The molecule has 0 fully saturated rings. The Morgan fingerprint density at radius 1 is 1.07 bits per heavy atom. The monoisotopic (exact) mass is 408 g/mol. The van der Waals surface area contributed by atoms with E-state index in [0.717, 1.165) is 18.3 Å². The van der Waals surface area contributed by atoms with Crippen molar-refractivity contribution in [2.24, 2.45) is 5.73 Å². The zero-order valence-corrected chi connectivity index (χ0v) is 14.3. The Hall–Kier alpha value is -2.56. The average Bonchev–Trinajstić information content (AvgIpc) is 2.60. The molecular weight excluding hydrogens is 395 g/mol. The number of alkyl halides is 2. The van der Waals surface area contributed by atoms with E-state index in [1.807, 2.05) is 0 Å². The van der Waals surface area contributed by atoms with Gasteiger partial charge in [0, 0.05) is 18.2 Å². The topological polar surface area (TPSA) is 90.1 Å². The predicted molar refractivity (Wildman–Crippen MR) is 85.3 cm³/mol. The van der Waals surface area contributed by atoms with Gasteiger partial charge in [-0.15, -0.1) is 0 Å². The molecule has 1 aromatic heterocycles. The fraction of sp³-hybridized carbons (Fsp3) is 0.250. The first-order valence-electron chi connectivity index (χ1n) is 7.43. The summed E-state index contributed by atoms with van der Waals surface area (Å²) in [7, 11) is -4.60. The van der Waals surface area contributed by atoms with E-state index in [1.165, 1.54) is 0 Å². The molecule has 0 saturated carbocycles. The van der Waals surface area contributed by atoms with Crippen molar-refractivity contribution in [2.75, 3.05) is 5.75 Å². The van der Waals surface area contributed by atoms with E-state index in [9.17, 15) is 35.2 Å². The number of benzene rings is 1. The maximum atomic E-state index is 14.2. The summed E-state index contributed by atoms with van der Waals surface area (Å²) in [5, 5.41) is -2.14. The van der Waals surface area contributed by atoms with Crippen LogP contribution in [0, 0.1) is 17.5 Å². The molecule has 11 heteroatoms. The van der Waals surface area contributed by atoms with Crippen molar-refractivity contribution in [3.8, 4) is 0 Å². The average molecular weight is 408 g/mol. The van der Waals surface area contributed by atoms with E-state index in [1.54, 1.807) is 0 Å². The summed E-state index contributed by atoms with van der Waals surface area (Å²) in [4.78, 5) is 14.7. The van der Waals surface area contributed by atoms with Gasteiger partial charge in [-0.2, -0.15) is 0 Å².